The summed E-state index contributed by atoms with van der Waals surface area (Å²) in [7, 11) is 0. The van der Waals surface area contributed by atoms with Crippen molar-refractivity contribution in [2.75, 3.05) is 16.0 Å². The first-order valence-electron chi connectivity index (χ1n) is 8.88. The van der Waals surface area contributed by atoms with Gasteiger partial charge in [-0.25, -0.2) is 4.79 Å². The maximum Gasteiger partial charge on any atom is 0.418 e. The molecule has 1 aliphatic rings. The minimum absolute atomic E-state index is 0.126. The molecule has 1 heterocycles. The number of rotatable bonds is 2. The number of halogens is 4. The molecular formula is C21H13ClF3N3O3. The summed E-state index contributed by atoms with van der Waals surface area (Å²) >= 11 is 5.95. The van der Waals surface area contributed by atoms with Gasteiger partial charge >= 0.3 is 12.2 Å². The SMILES string of the molecule is O=C(Nc1ccc2c(c1)C(=O)Nc1cc(Cl)ccc1O2)Nc1ccccc1C(F)(F)F. The van der Waals surface area contributed by atoms with Crippen molar-refractivity contribution >= 4 is 40.6 Å². The average Bonchev–Trinajstić information content (AvgIpc) is 2.83. The molecule has 3 aromatic rings. The number of carbonyl (C=O) groups excluding carboxylic acids is 2. The summed E-state index contributed by atoms with van der Waals surface area (Å²) in [5.41, 5.74) is -0.680. The van der Waals surface area contributed by atoms with E-state index in [-0.39, 0.29) is 17.0 Å². The number of fused-ring (bicyclic) bond motifs is 2. The average molecular weight is 448 g/mol. The fourth-order valence-corrected chi connectivity index (χ4v) is 3.17. The molecule has 3 N–H and O–H groups in total. The second-order valence-corrected chi connectivity index (χ2v) is 6.97. The van der Waals surface area contributed by atoms with Gasteiger partial charge in [-0.05, 0) is 48.5 Å². The molecule has 6 nitrogen and oxygen atoms in total. The first-order valence-corrected chi connectivity index (χ1v) is 9.25. The fourth-order valence-electron chi connectivity index (χ4n) is 3.00. The number of urea groups is 1. The van der Waals surface area contributed by atoms with Gasteiger partial charge in [0.1, 0.15) is 5.75 Å². The van der Waals surface area contributed by atoms with E-state index >= 15 is 0 Å². The Morgan fingerprint density at radius 3 is 2.48 bits per heavy atom. The molecule has 0 saturated carbocycles. The zero-order chi connectivity index (χ0) is 22.2. The van der Waals surface area contributed by atoms with Gasteiger partial charge in [-0.15, -0.1) is 0 Å². The summed E-state index contributed by atoms with van der Waals surface area (Å²) < 4.78 is 45.0. The molecule has 10 heteroatoms. The van der Waals surface area contributed by atoms with Gasteiger partial charge in [0.2, 0.25) is 0 Å². The molecule has 4 rings (SSSR count). The number of anilines is 3. The molecule has 0 aromatic heterocycles. The number of benzene rings is 3. The summed E-state index contributed by atoms with van der Waals surface area (Å²) in [4.78, 5) is 24.8. The highest BCUT2D eigenvalue weighted by Crippen LogP contribution is 2.38. The topological polar surface area (TPSA) is 79.5 Å². The summed E-state index contributed by atoms with van der Waals surface area (Å²) in [6.07, 6.45) is -4.62. The Hall–Kier alpha value is -3.72. The van der Waals surface area contributed by atoms with Crippen LogP contribution in [0.5, 0.6) is 11.5 Å². The molecule has 0 atom stereocenters. The van der Waals surface area contributed by atoms with Crippen LogP contribution in [0.15, 0.2) is 60.7 Å². The Labute approximate surface area is 179 Å². The molecule has 0 fully saturated rings. The molecule has 0 saturated heterocycles. The van der Waals surface area contributed by atoms with Crippen LogP contribution in [-0.4, -0.2) is 11.9 Å². The molecule has 31 heavy (non-hydrogen) atoms. The number of alkyl halides is 3. The minimum Gasteiger partial charge on any atom is -0.454 e. The summed E-state index contributed by atoms with van der Waals surface area (Å²) in [5, 5.41) is 7.66. The van der Waals surface area contributed by atoms with Crippen LogP contribution in [0, 0.1) is 0 Å². The lowest BCUT2D eigenvalue weighted by molar-refractivity contribution is -0.136. The van der Waals surface area contributed by atoms with E-state index in [0.717, 1.165) is 12.1 Å². The molecule has 158 valence electrons. The van der Waals surface area contributed by atoms with E-state index in [1.807, 2.05) is 0 Å². The van der Waals surface area contributed by atoms with Crippen LogP contribution >= 0.6 is 11.6 Å². The lowest BCUT2D eigenvalue weighted by atomic mass is 10.1. The molecule has 3 aromatic carbocycles. The largest absolute Gasteiger partial charge is 0.454 e. The third-order valence-electron chi connectivity index (χ3n) is 4.37. The minimum atomic E-state index is -4.62. The molecule has 0 radical (unpaired) electrons. The predicted molar refractivity (Wildman–Crippen MR) is 110 cm³/mol. The first-order chi connectivity index (χ1) is 14.7. The van der Waals surface area contributed by atoms with E-state index in [1.165, 1.54) is 36.4 Å². The maximum absolute atomic E-state index is 13.1. The monoisotopic (exact) mass is 447 g/mol. The highest BCUT2D eigenvalue weighted by Gasteiger charge is 2.33. The van der Waals surface area contributed by atoms with Gasteiger partial charge in [0, 0.05) is 10.7 Å². The van der Waals surface area contributed by atoms with Crippen LogP contribution in [0.2, 0.25) is 5.02 Å². The smallest absolute Gasteiger partial charge is 0.418 e. The third-order valence-corrected chi connectivity index (χ3v) is 4.61. The summed E-state index contributed by atoms with van der Waals surface area (Å²) in [5.74, 6) is 0.133. The molecule has 0 spiro atoms. The van der Waals surface area contributed by atoms with Crippen LogP contribution in [0.1, 0.15) is 15.9 Å². The van der Waals surface area contributed by atoms with Crippen LogP contribution in [0.4, 0.5) is 35.0 Å². The second kappa shape index (κ2) is 7.84. The number of carbonyl (C=O) groups is 2. The van der Waals surface area contributed by atoms with Crippen LogP contribution < -0.4 is 20.7 Å². The number of para-hydroxylation sites is 1. The molecule has 0 aliphatic carbocycles. The summed E-state index contributed by atoms with van der Waals surface area (Å²) in [6.45, 7) is 0. The van der Waals surface area contributed by atoms with Crippen LogP contribution in [0.3, 0.4) is 0 Å². The van der Waals surface area contributed by atoms with Gasteiger partial charge in [-0.1, -0.05) is 23.7 Å². The Bertz CT molecular complexity index is 1200. The first kappa shape index (κ1) is 20.5. The Morgan fingerprint density at radius 1 is 0.968 bits per heavy atom. The van der Waals surface area contributed by atoms with Crippen LogP contribution in [0.25, 0.3) is 0 Å². The Balaban J connectivity index is 1.55. The normalized spacial score (nSPS) is 12.6. The quantitative estimate of drug-likeness (QED) is 0.427. The number of ether oxygens (including phenoxy) is 1. The molecular weight excluding hydrogens is 435 g/mol. The molecule has 1 aliphatic heterocycles. The van der Waals surface area contributed by atoms with E-state index in [4.69, 9.17) is 16.3 Å². The van der Waals surface area contributed by atoms with Crippen LogP contribution in [-0.2, 0) is 6.18 Å². The van der Waals surface area contributed by atoms with Gasteiger partial charge < -0.3 is 20.7 Å². The predicted octanol–water partition coefficient (Wildman–Crippen LogP) is 6.36. The van der Waals surface area contributed by atoms with Crippen molar-refractivity contribution in [1.29, 1.82) is 0 Å². The fraction of sp³-hybridized carbons (Fsp3) is 0.0476. The van der Waals surface area contributed by atoms with Gasteiger partial charge in [0.15, 0.2) is 5.75 Å². The van der Waals surface area contributed by atoms with Gasteiger partial charge in [-0.3, -0.25) is 4.79 Å². The van der Waals surface area contributed by atoms with Crippen molar-refractivity contribution in [1.82, 2.24) is 0 Å². The van der Waals surface area contributed by atoms with E-state index in [0.29, 0.717) is 16.5 Å². The van der Waals surface area contributed by atoms with Crippen molar-refractivity contribution < 1.29 is 27.5 Å². The standard InChI is InChI=1S/C21H13ClF3N3O3/c22-11-5-7-18-16(9-11)27-19(29)13-10-12(6-8-17(13)31-18)26-20(30)28-15-4-2-1-3-14(15)21(23,24)25/h1-10H,(H,27,29)(H2,26,28,30). The van der Waals surface area contributed by atoms with Crippen molar-refractivity contribution in [3.05, 3.63) is 76.8 Å². The van der Waals surface area contributed by atoms with Crippen molar-refractivity contribution in [3.8, 4) is 11.5 Å². The molecule has 0 unspecified atom stereocenters. The zero-order valence-corrected chi connectivity index (χ0v) is 16.3. The number of hydrogen-bond donors (Lipinski definition) is 3. The lowest BCUT2D eigenvalue weighted by Gasteiger charge is -2.14. The molecule has 3 amide bonds. The summed E-state index contributed by atoms with van der Waals surface area (Å²) in [6, 6.07) is 12.7. The van der Waals surface area contributed by atoms with E-state index in [1.54, 1.807) is 12.1 Å². The highest BCUT2D eigenvalue weighted by atomic mass is 35.5. The maximum atomic E-state index is 13.1. The van der Waals surface area contributed by atoms with Crippen molar-refractivity contribution in [3.63, 3.8) is 0 Å². The number of hydrogen-bond acceptors (Lipinski definition) is 3. The van der Waals surface area contributed by atoms with E-state index < -0.39 is 29.4 Å². The second-order valence-electron chi connectivity index (χ2n) is 6.53. The van der Waals surface area contributed by atoms with E-state index in [9.17, 15) is 22.8 Å². The number of amides is 3. The Kier molecular flexibility index (Phi) is 5.20. The lowest BCUT2D eigenvalue weighted by Crippen LogP contribution is -2.22. The van der Waals surface area contributed by atoms with Crippen molar-refractivity contribution in [2.24, 2.45) is 0 Å². The number of nitrogens with one attached hydrogen (secondary N) is 3. The van der Waals surface area contributed by atoms with E-state index in [2.05, 4.69) is 16.0 Å². The van der Waals surface area contributed by atoms with Crippen molar-refractivity contribution in [2.45, 2.75) is 6.18 Å². The van der Waals surface area contributed by atoms with Gasteiger partial charge in [-0.2, -0.15) is 13.2 Å². The molecule has 0 bridgehead atoms. The van der Waals surface area contributed by atoms with Gasteiger partial charge in [0.05, 0.1) is 22.5 Å². The third kappa shape index (κ3) is 4.41. The Morgan fingerprint density at radius 2 is 1.71 bits per heavy atom. The van der Waals surface area contributed by atoms with Gasteiger partial charge in [0.25, 0.3) is 5.91 Å². The highest BCUT2D eigenvalue weighted by molar-refractivity contribution is 6.31. The zero-order valence-electron chi connectivity index (χ0n) is 15.5.